The van der Waals surface area contributed by atoms with E-state index in [9.17, 15) is 4.79 Å². The van der Waals surface area contributed by atoms with Gasteiger partial charge in [-0.3, -0.25) is 0 Å². The summed E-state index contributed by atoms with van der Waals surface area (Å²) in [5.74, 6) is 0.0584. The maximum Gasteiger partial charge on any atom is 0.336 e. The highest BCUT2D eigenvalue weighted by atomic mass is 16.5. The number of aromatic nitrogens is 2. The molecule has 0 aliphatic rings. The first-order valence-electron chi connectivity index (χ1n) is 6.16. The van der Waals surface area contributed by atoms with Gasteiger partial charge in [0.1, 0.15) is 12.1 Å². The third kappa shape index (κ3) is 3.23. The zero-order valence-electron chi connectivity index (χ0n) is 11.3. The second-order valence-electron chi connectivity index (χ2n) is 4.13. The minimum Gasteiger partial charge on any atom is -0.478 e. The topological polar surface area (TPSA) is 84.3 Å². The van der Waals surface area contributed by atoms with Crippen molar-refractivity contribution in [3.05, 3.63) is 41.7 Å². The third-order valence-corrected chi connectivity index (χ3v) is 2.67. The molecule has 1 aromatic carbocycles. The Bertz CT molecular complexity index is 629. The number of ether oxygens (including phenoxy) is 1. The monoisotopic (exact) mass is 273 g/mol. The molecule has 0 atom stereocenters. The molecule has 0 aliphatic carbocycles. The molecule has 2 N–H and O–H groups in total. The van der Waals surface area contributed by atoms with Gasteiger partial charge in [0.05, 0.1) is 12.2 Å². The predicted molar refractivity (Wildman–Crippen MR) is 74.6 cm³/mol. The molecule has 0 saturated heterocycles. The number of carboxylic acids is 1. The first-order chi connectivity index (χ1) is 9.60. The minimum atomic E-state index is -0.955. The number of aryl methyl sites for hydroxylation is 1. The number of nitrogens with zero attached hydrogens (tertiary/aromatic N) is 2. The van der Waals surface area contributed by atoms with Crippen LogP contribution in [-0.2, 0) is 0 Å². The minimum absolute atomic E-state index is 0.258. The van der Waals surface area contributed by atoms with Gasteiger partial charge >= 0.3 is 5.97 Å². The number of benzene rings is 1. The van der Waals surface area contributed by atoms with E-state index in [0.717, 1.165) is 0 Å². The molecule has 0 radical (unpaired) electrons. The standard InChI is InChI=1S/C14H15N3O3/c1-3-20-13-7-12(15-8-16-13)17-10-5-4-9(2)11(6-10)14(18)19/h4-8H,3H2,1-2H3,(H,18,19)(H,15,16,17). The Morgan fingerprint density at radius 1 is 1.35 bits per heavy atom. The number of hydrogen-bond donors (Lipinski definition) is 2. The van der Waals surface area contributed by atoms with Crippen LogP contribution in [0.15, 0.2) is 30.6 Å². The van der Waals surface area contributed by atoms with E-state index in [0.29, 0.717) is 29.6 Å². The molecule has 0 fully saturated rings. The molecule has 0 unspecified atom stereocenters. The molecule has 0 saturated carbocycles. The molecule has 6 nitrogen and oxygen atoms in total. The highest BCUT2D eigenvalue weighted by molar-refractivity contribution is 5.90. The largest absolute Gasteiger partial charge is 0.478 e. The van der Waals surface area contributed by atoms with Crippen LogP contribution in [0, 0.1) is 6.92 Å². The van der Waals surface area contributed by atoms with Crippen LogP contribution in [0.1, 0.15) is 22.8 Å². The van der Waals surface area contributed by atoms with Crippen molar-refractivity contribution in [1.29, 1.82) is 0 Å². The van der Waals surface area contributed by atoms with Crippen molar-refractivity contribution in [1.82, 2.24) is 9.97 Å². The molecule has 0 bridgehead atoms. The molecule has 2 aromatic rings. The Morgan fingerprint density at radius 2 is 2.15 bits per heavy atom. The first-order valence-corrected chi connectivity index (χ1v) is 6.16. The van der Waals surface area contributed by atoms with E-state index in [4.69, 9.17) is 9.84 Å². The van der Waals surface area contributed by atoms with Crippen LogP contribution in [0.5, 0.6) is 5.88 Å². The SMILES string of the molecule is CCOc1cc(Nc2ccc(C)c(C(=O)O)c2)ncn1. The van der Waals surface area contributed by atoms with Gasteiger partial charge in [0, 0.05) is 11.8 Å². The number of nitrogens with one attached hydrogen (secondary N) is 1. The van der Waals surface area contributed by atoms with Gasteiger partial charge in [0.15, 0.2) is 0 Å². The van der Waals surface area contributed by atoms with Crippen LogP contribution in [0.3, 0.4) is 0 Å². The lowest BCUT2D eigenvalue weighted by Crippen LogP contribution is -2.02. The Hall–Kier alpha value is -2.63. The van der Waals surface area contributed by atoms with Crippen molar-refractivity contribution in [2.75, 3.05) is 11.9 Å². The van der Waals surface area contributed by atoms with E-state index in [2.05, 4.69) is 15.3 Å². The summed E-state index contributed by atoms with van der Waals surface area (Å²) in [6.45, 7) is 4.14. The van der Waals surface area contributed by atoms with Crippen molar-refractivity contribution in [2.24, 2.45) is 0 Å². The summed E-state index contributed by atoms with van der Waals surface area (Å²) >= 11 is 0. The average Bonchev–Trinajstić information content (AvgIpc) is 2.41. The van der Waals surface area contributed by atoms with Crippen LogP contribution in [-0.4, -0.2) is 27.7 Å². The van der Waals surface area contributed by atoms with Crippen molar-refractivity contribution in [2.45, 2.75) is 13.8 Å². The molecule has 6 heteroatoms. The fourth-order valence-electron chi connectivity index (χ4n) is 1.71. The molecule has 0 amide bonds. The van der Waals surface area contributed by atoms with Crippen LogP contribution >= 0.6 is 0 Å². The molecule has 1 aromatic heterocycles. The van der Waals surface area contributed by atoms with E-state index in [1.54, 1.807) is 31.2 Å². The predicted octanol–water partition coefficient (Wildman–Crippen LogP) is 2.63. The van der Waals surface area contributed by atoms with E-state index in [1.807, 2.05) is 6.92 Å². The molecule has 0 aliphatic heterocycles. The molecule has 0 spiro atoms. The van der Waals surface area contributed by atoms with Gasteiger partial charge < -0.3 is 15.2 Å². The van der Waals surface area contributed by atoms with Gasteiger partial charge in [0.2, 0.25) is 5.88 Å². The van der Waals surface area contributed by atoms with E-state index < -0.39 is 5.97 Å². The summed E-state index contributed by atoms with van der Waals surface area (Å²) in [6.07, 6.45) is 1.39. The lowest BCUT2D eigenvalue weighted by Gasteiger charge is -2.09. The highest BCUT2D eigenvalue weighted by Crippen LogP contribution is 2.20. The summed E-state index contributed by atoms with van der Waals surface area (Å²) in [5.41, 5.74) is 1.61. The van der Waals surface area contributed by atoms with Gasteiger partial charge in [0.25, 0.3) is 0 Å². The van der Waals surface area contributed by atoms with Crippen molar-refractivity contribution in [3.63, 3.8) is 0 Å². The van der Waals surface area contributed by atoms with Crippen molar-refractivity contribution >= 4 is 17.5 Å². The quantitative estimate of drug-likeness (QED) is 0.871. The first kappa shape index (κ1) is 13.8. The lowest BCUT2D eigenvalue weighted by molar-refractivity contribution is 0.0696. The number of carbonyl (C=O) groups is 1. The molecular formula is C14H15N3O3. The van der Waals surface area contributed by atoms with Crippen molar-refractivity contribution in [3.8, 4) is 5.88 Å². The fraction of sp³-hybridized carbons (Fsp3) is 0.214. The third-order valence-electron chi connectivity index (χ3n) is 2.67. The zero-order valence-corrected chi connectivity index (χ0v) is 11.3. The zero-order chi connectivity index (χ0) is 14.5. The van der Waals surface area contributed by atoms with Gasteiger partial charge in [-0.25, -0.2) is 14.8 Å². The molecule has 1 heterocycles. The maximum absolute atomic E-state index is 11.1. The second-order valence-corrected chi connectivity index (χ2v) is 4.13. The van der Waals surface area contributed by atoms with E-state index in [1.165, 1.54) is 6.33 Å². The van der Waals surface area contributed by atoms with Gasteiger partial charge in [-0.05, 0) is 31.5 Å². The summed E-state index contributed by atoms with van der Waals surface area (Å²) < 4.78 is 5.28. The van der Waals surface area contributed by atoms with Gasteiger partial charge in [-0.2, -0.15) is 0 Å². The molecule has 20 heavy (non-hydrogen) atoms. The average molecular weight is 273 g/mol. The summed E-state index contributed by atoms with van der Waals surface area (Å²) in [7, 11) is 0. The Kier molecular flexibility index (Phi) is 4.14. The Labute approximate surface area is 116 Å². The lowest BCUT2D eigenvalue weighted by atomic mass is 10.1. The number of carboxylic acid groups (broad SMARTS) is 1. The molecule has 104 valence electrons. The van der Waals surface area contributed by atoms with Gasteiger partial charge in [-0.1, -0.05) is 6.07 Å². The number of rotatable bonds is 5. The number of hydrogen-bond acceptors (Lipinski definition) is 5. The molecule has 2 rings (SSSR count). The highest BCUT2D eigenvalue weighted by Gasteiger charge is 2.08. The van der Waals surface area contributed by atoms with E-state index >= 15 is 0 Å². The van der Waals surface area contributed by atoms with Crippen LogP contribution in [0.4, 0.5) is 11.5 Å². The number of anilines is 2. The number of aromatic carboxylic acids is 1. The summed E-state index contributed by atoms with van der Waals surface area (Å²) in [4.78, 5) is 19.1. The van der Waals surface area contributed by atoms with Crippen molar-refractivity contribution < 1.29 is 14.6 Å². The summed E-state index contributed by atoms with van der Waals surface area (Å²) in [6, 6.07) is 6.77. The maximum atomic E-state index is 11.1. The second kappa shape index (κ2) is 6.01. The van der Waals surface area contributed by atoms with Gasteiger partial charge in [-0.15, -0.1) is 0 Å². The Morgan fingerprint density at radius 3 is 2.85 bits per heavy atom. The normalized spacial score (nSPS) is 10.1. The van der Waals surface area contributed by atoms with E-state index in [-0.39, 0.29) is 5.56 Å². The Balaban J connectivity index is 2.23. The van der Waals surface area contributed by atoms with Crippen LogP contribution < -0.4 is 10.1 Å². The molecular weight excluding hydrogens is 258 g/mol. The summed E-state index contributed by atoms with van der Waals surface area (Å²) in [5, 5.41) is 12.1. The van der Waals surface area contributed by atoms with Crippen LogP contribution in [0.25, 0.3) is 0 Å². The smallest absolute Gasteiger partial charge is 0.336 e. The fourth-order valence-corrected chi connectivity index (χ4v) is 1.71. The van der Waals surface area contributed by atoms with Crippen LogP contribution in [0.2, 0.25) is 0 Å².